The Labute approximate surface area is 219 Å². The summed E-state index contributed by atoms with van der Waals surface area (Å²) in [5, 5.41) is 46.6. The Morgan fingerprint density at radius 3 is 1.71 bits per heavy atom. The number of rotatable bonds is 7. The molecule has 0 unspecified atom stereocenters. The monoisotopic (exact) mass is 547 g/mol. The van der Waals surface area contributed by atoms with Crippen molar-refractivity contribution in [3.63, 3.8) is 0 Å². The van der Waals surface area contributed by atoms with E-state index in [0.29, 0.717) is 24.0 Å². The van der Waals surface area contributed by atoms with E-state index in [-0.39, 0.29) is 39.2 Å². The van der Waals surface area contributed by atoms with Gasteiger partial charge in [-0.15, -0.1) is 0 Å². The lowest BCUT2D eigenvalue weighted by Gasteiger charge is -2.15. The van der Waals surface area contributed by atoms with Gasteiger partial charge in [-0.1, -0.05) is 23.8 Å². The summed E-state index contributed by atoms with van der Waals surface area (Å²) < 4.78 is 10.4. The third-order valence-corrected chi connectivity index (χ3v) is 6.31. The minimum atomic E-state index is -0.772. The summed E-state index contributed by atoms with van der Waals surface area (Å²) in [6.45, 7) is 5.29. The highest BCUT2D eigenvalue weighted by molar-refractivity contribution is 6.33. The van der Waals surface area contributed by atoms with E-state index in [1.54, 1.807) is 0 Å². The summed E-state index contributed by atoms with van der Waals surface area (Å²) in [5.74, 6) is -0.434. The molecule has 0 radical (unpaired) electrons. The molecule has 0 amide bonds. The maximum absolute atomic E-state index is 11.6. The zero-order valence-corrected chi connectivity index (χ0v) is 21.2. The number of ether oxygens (including phenoxy) is 1. The first-order valence-electron chi connectivity index (χ1n) is 10.9. The van der Waals surface area contributed by atoms with Crippen LogP contribution in [0.4, 0.5) is 11.4 Å². The number of aryl methyl sites for hydroxylation is 2. The first kappa shape index (κ1) is 27.9. The van der Waals surface area contributed by atoms with Crippen LogP contribution < -0.4 is 0 Å². The molecule has 3 rings (SSSR count). The summed E-state index contributed by atoms with van der Waals surface area (Å²) >= 11 is 6.48. The molecule has 2 heterocycles. The number of allylic oxidation sites excluding steroid dienone is 8. The van der Waals surface area contributed by atoms with Gasteiger partial charge >= 0.3 is 34.3 Å². The van der Waals surface area contributed by atoms with Gasteiger partial charge in [-0.05, 0) is 36.1 Å². The molecule has 198 valence electrons. The second-order valence-corrected chi connectivity index (χ2v) is 8.59. The van der Waals surface area contributed by atoms with Crippen molar-refractivity contribution in [3.05, 3.63) is 120 Å². The molecular weight excluding hydrogens is 528 g/mol. The highest BCUT2D eigenvalue weighted by atomic mass is 35.5. The Hall–Kier alpha value is -4.72. The molecule has 15 heteroatoms. The number of nitrogens with zero attached hydrogens (tertiary/aromatic N) is 4. The van der Waals surface area contributed by atoms with Gasteiger partial charge in [-0.25, -0.2) is 4.42 Å². The number of halogens is 1. The van der Waals surface area contributed by atoms with Gasteiger partial charge in [0.25, 0.3) is 0 Å². The lowest BCUT2D eigenvalue weighted by molar-refractivity contribution is -0.443. The summed E-state index contributed by atoms with van der Waals surface area (Å²) in [4.78, 5) is 43.3. The highest BCUT2D eigenvalue weighted by Gasteiger charge is 2.40. The van der Waals surface area contributed by atoms with Gasteiger partial charge in [-0.2, -0.15) is 0 Å². The number of nitro groups is 4. The molecule has 0 atom stereocenters. The average molecular weight is 548 g/mol. The molecule has 1 aromatic heterocycles. The molecule has 0 saturated carbocycles. The van der Waals surface area contributed by atoms with Gasteiger partial charge in [0.05, 0.1) is 33.5 Å². The van der Waals surface area contributed by atoms with Gasteiger partial charge in [0.1, 0.15) is 11.1 Å². The molecule has 14 nitrogen and oxygen atoms in total. The van der Waals surface area contributed by atoms with E-state index >= 15 is 0 Å². The number of hydrogen-bond donors (Lipinski definition) is 0. The van der Waals surface area contributed by atoms with Crippen LogP contribution in [-0.4, -0.2) is 19.7 Å². The lowest BCUT2D eigenvalue weighted by Crippen LogP contribution is -2.18. The van der Waals surface area contributed by atoms with Gasteiger partial charge < -0.3 is 4.74 Å². The standard InChI is InChI=1S/C23H20ClN4O10/c1-11-20(25(29)30)17(21(26(31)32)12(2)37-11)9-7-15-5-6-16(19(15)24)8-10-18-22(27(33)34)13(3)38-14(4)23(18)28(35)36/h7-10H,5-6H2,1-4H3/q+1. The van der Waals surface area contributed by atoms with E-state index in [9.17, 15) is 40.5 Å². The molecule has 0 N–H and O–H groups in total. The van der Waals surface area contributed by atoms with Crippen molar-refractivity contribution in [3.8, 4) is 0 Å². The molecule has 1 aromatic rings. The van der Waals surface area contributed by atoms with Crippen molar-refractivity contribution in [2.45, 2.75) is 40.5 Å². The Balaban J connectivity index is 2.09. The zero-order valence-electron chi connectivity index (χ0n) is 20.5. The quantitative estimate of drug-likeness (QED) is 0.215. The molecule has 1 aliphatic heterocycles. The van der Waals surface area contributed by atoms with Crippen LogP contribution in [0.5, 0.6) is 0 Å². The van der Waals surface area contributed by atoms with Gasteiger partial charge in [0.15, 0.2) is 11.5 Å². The van der Waals surface area contributed by atoms with Crippen molar-refractivity contribution in [2.75, 3.05) is 0 Å². The molecule has 0 saturated heterocycles. The third kappa shape index (κ3) is 5.20. The molecule has 0 bridgehead atoms. The SMILES string of the molecule is CC1=C([N+](=O)[O-])C(=CC=C2CCC(/C=C/c3c([N+](=O)[O-])c(C)[o+]c(C)c3[N+](=O)[O-])=C2Cl)C([N+](=O)[O-])=C(C)O1. The van der Waals surface area contributed by atoms with Crippen LogP contribution in [0.25, 0.3) is 6.08 Å². The second kappa shape index (κ2) is 10.7. The maximum Gasteiger partial charge on any atom is 0.404 e. The predicted molar refractivity (Wildman–Crippen MR) is 134 cm³/mol. The zero-order chi connectivity index (χ0) is 28.5. The summed E-state index contributed by atoms with van der Waals surface area (Å²) in [6.07, 6.45) is 5.96. The molecule has 0 aromatic carbocycles. The highest BCUT2D eigenvalue weighted by Crippen LogP contribution is 2.40. The van der Waals surface area contributed by atoms with E-state index in [0.717, 1.165) is 0 Å². The minimum absolute atomic E-state index is 0.109. The summed E-state index contributed by atoms with van der Waals surface area (Å²) in [6, 6.07) is 0. The second-order valence-electron chi connectivity index (χ2n) is 8.21. The van der Waals surface area contributed by atoms with Crippen LogP contribution in [0, 0.1) is 54.3 Å². The molecule has 0 spiro atoms. The fraction of sp³-hybridized carbons (Fsp3) is 0.261. The van der Waals surface area contributed by atoms with Crippen molar-refractivity contribution in [2.24, 2.45) is 0 Å². The van der Waals surface area contributed by atoms with Crippen LogP contribution >= 0.6 is 11.6 Å². The van der Waals surface area contributed by atoms with Gasteiger partial charge in [0, 0.05) is 18.9 Å². The summed E-state index contributed by atoms with van der Waals surface area (Å²) in [5.41, 5.74) is -1.76. The number of hydrogen-bond acceptors (Lipinski definition) is 9. The fourth-order valence-corrected chi connectivity index (χ4v) is 4.55. The maximum atomic E-state index is 11.6. The van der Waals surface area contributed by atoms with Crippen LogP contribution in [0.1, 0.15) is 43.8 Å². The van der Waals surface area contributed by atoms with E-state index in [2.05, 4.69) is 0 Å². The largest absolute Gasteiger partial charge is 0.452 e. The van der Waals surface area contributed by atoms with E-state index in [1.807, 2.05) is 0 Å². The minimum Gasteiger partial charge on any atom is -0.452 e. The van der Waals surface area contributed by atoms with E-state index < -0.39 is 42.5 Å². The topological polar surface area (TPSA) is 193 Å². The average Bonchev–Trinajstić information content (AvgIpc) is 3.13. The van der Waals surface area contributed by atoms with Gasteiger partial charge in [0.2, 0.25) is 0 Å². The van der Waals surface area contributed by atoms with Crippen LogP contribution in [0.15, 0.2) is 67.3 Å². The normalized spacial score (nSPS) is 17.0. The van der Waals surface area contributed by atoms with Crippen LogP contribution in [0.2, 0.25) is 0 Å². The predicted octanol–water partition coefficient (Wildman–Crippen LogP) is 6.19. The smallest absolute Gasteiger partial charge is 0.404 e. The molecule has 38 heavy (non-hydrogen) atoms. The lowest BCUT2D eigenvalue weighted by atomic mass is 10.0. The molecule has 0 fully saturated rings. The van der Waals surface area contributed by atoms with E-state index in [1.165, 1.54) is 52.0 Å². The van der Waals surface area contributed by atoms with Gasteiger partial charge in [-0.3, -0.25) is 40.5 Å². The molecular formula is C23H20ClN4O10+. The Morgan fingerprint density at radius 2 is 1.26 bits per heavy atom. The summed E-state index contributed by atoms with van der Waals surface area (Å²) in [7, 11) is 0. The Kier molecular flexibility index (Phi) is 7.86. The Morgan fingerprint density at radius 1 is 0.763 bits per heavy atom. The molecule has 1 aliphatic carbocycles. The first-order chi connectivity index (χ1) is 17.8. The van der Waals surface area contributed by atoms with Crippen molar-refractivity contribution in [1.29, 1.82) is 0 Å². The fourth-order valence-electron chi connectivity index (χ4n) is 4.23. The molecule has 2 aliphatic rings. The van der Waals surface area contributed by atoms with Crippen molar-refractivity contribution < 1.29 is 28.8 Å². The van der Waals surface area contributed by atoms with E-state index in [4.69, 9.17) is 20.8 Å². The van der Waals surface area contributed by atoms with Crippen molar-refractivity contribution in [1.82, 2.24) is 0 Å². The Bertz CT molecular complexity index is 1420. The van der Waals surface area contributed by atoms with Crippen LogP contribution in [0.3, 0.4) is 0 Å². The third-order valence-electron chi connectivity index (χ3n) is 5.83. The first-order valence-corrected chi connectivity index (χ1v) is 11.3. The van der Waals surface area contributed by atoms with Crippen molar-refractivity contribution >= 4 is 29.1 Å². The van der Waals surface area contributed by atoms with Crippen LogP contribution in [-0.2, 0) is 4.74 Å².